The first-order valence-corrected chi connectivity index (χ1v) is 6.79. The van der Waals surface area contributed by atoms with Crippen LogP contribution in [0.25, 0.3) is 0 Å². The maximum absolute atomic E-state index is 10.9. The molecule has 1 heterocycles. The van der Waals surface area contributed by atoms with Gasteiger partial charge in [0, 0.05) is 6.54 Å². The Morgan fingerprint density at radius 1 is 1.47 bits per heavy atom. The Labute approximate surface area is 120 Å². The number of hydrogen-bond acceptors (Lipinski definition) is 4. The number of benzene rings is 1. The molecule has 2 rings (SSSR count). The lowest BCUT2D eigenvalue weighted by atomic mass is 10.1. The second kappa shape index (κ2) is 5.79. The molecule has 104 valence electrons. The van der Waals surface area contributed by atoms with Crippen molar-refractivity contribution < 1.29 is 19.4 Å². The predicted molar refractivity (Wildman–Crippen MR) is 73.7 cm³/mol. The van der Waals surface area contributed by atoms with E-state index in [1.807, 2.05) is 12.1 Å². The number of ether oxygens (including phenoxy) is 2. The summed E-state index contributed by atoms with van der Waals surface area (Å²) in [6.45, 7) is 3.27. The molecule has 1 aromatic rings. The molecule has 1 aromatic carbocycles. The van der Waals surface area contributed by atoms with Gasteiger partial charge >= 0.3 is 5.97 Å². The van der Waals surface area contributed by atoms with Crippen LogP contribution < -0.4 is 9.47 Å². The first-order valence-electron chi connectivity index (χ1n) is 6.00. The van der Waals surface area contributed by atoms with Gasteiger partial charge in [0.25, 0.3) is 0 Å². The first-order chi connectivity index (χ1) is 8.99. The van der Waals surface area contributed by atoms with Crippen molar-refractivity contribution >= 4 is 21.9 Å². The minimum atomic E-state index is -0.834. The van der Waals surface area contributed by atoms with Gasteiger partial charge in [-0.1, -0.05) is 0 Å². The Morgan fingerprint density at radius 2 is 2.16 bits per heavy atom. The van der Waals surface area contributed by atoms with Gasteiger partial charge in [-0.3, -0.25) is 9.69 Å². The summed E-state index contributed by atoms with van der Waals surface area (Å²) in [5.41, 5.74) is 0.978. The first kappa shape index (κ1) is 14.1. The third kappa shape index (κ3) is 3.19. The monoisotopic (exact) mass is 329 g/mol. The molecule has 1 unspecified atom stereocenters. The van der Waals surface area contributed by atoms with Crippen molar-refractivity contribution in [2.45, 2.75) is 19.5 Å². The van der Waals surface area contributed by atoms with Crippen LogP contribution in [0.5, 0.6) is 11.5 Å². The van der Waals surface area contributed by atoms with Gasteiger partial charge in [0.15, 0.2) is 11.5 Å². The summed E-state index contributed by atoms with van der Waals surface area (Å²) < 4.78 is 11.9. The number of fused-ring (bicyclic) bond motifs is 1. The van der Waals surface area contributed by atoms with Crippen LogP contribution in [0.15, 0.2) is 16.6 Å². The third-order valence-corrected chi connectivity index (χ3v) is 3.70. The Kier molecular flexibility index (Phi) is 4.31. The van der Waals surface area contributed by atoms with Gasteiger partial charge in [-0.05, 0) is 47.6 Å². The van der Waals surface area contributed by atoms with E-state index in [2.05, 4.69) is 15.9 Å². The van der Waals surface area contributed by atoms with Crippen LogP contribution in [0, 0.1) is 0 Å². The molecular formula is C13H16BrNO4. The van der Waals surface area contributed by atoms with Crippen LogP contribution in [0.2, 0.25) is 0 Å². The fourth-order valence-corrected chi connectivity index (χ4v) is 2.47. The second-order valence-electron chi connectivity index (χ2n) is 4.53. The summed E-state index contributed by atoms with van der Waals surface area (Å²) in [6, 6.07) is 3.29. The Balaban J connectivity index is 2.17. The molecule has 0 fully saturated rings. The van der Waals surface area contributed by atoms with Crippen LogP contribution in [0.1, 0.15) is 12.5 Å². The van der Waals surface area contributed by atoms with E-state index in [0.29, 0.717) is 31.3 Å². The molecule has 1 atom stereocenters. The quantitative estimate of drug-likeness (QED) is 0.916. The molecule has 1 aliphatic heterocycles. The standard InChI is InChI=1S/C13H16BrNO4/c1-8(13(16)17)15(2)7-9-5-10(14)12-11(6-9)18-3-4-19-12/h5-6,8H,3-4,7H2,1-2H3,(H,16,17). The summed E-state index contributed by atoms with van der Waals surface area (Å²) in [4.78, 5) is 12.7. The molecule has 0 bridgehead atoms. The van der Waals surface area contributed by atoms with Crippen molar-refractivity contribution in [2.24, 2.45) is 0 Å². The minimum Gasteiger partial charge on any atom is -0.486 e. The summed E-state index contributed by atoms with van der Waals surface area (Å²) in [5.74, 6) is 0.579. The van der Waals surface area contributed by atoms with Crippen LogP contribution in [0.3, 0.4) is 0 Å². The van der Waals surface area contributed by atoms with Crippen molar-refractivity contribution in [1.82, 2.24) is 4.90 Å². The van der Waals surface area contributed by atoms with Crippen molar-refractivity contribution in [3.05, 3.63) is 22.2 Å². The summed E-state index contributed by atoms with van der Waals surface area (Å²) in [5, 5.41) is 8.98. The van der Waals surface area contributed by atoms with Crippen molar-refractivity contribution in [1.29, 1.82) is 0 Å². The van der Waals surface area contributed by atoms with E-state index in [1.54, 1.807) is 18.9 Å². The number of likely N-dealkylation sites (N-methyl/N-ethyl adjacent to an activating group) is 1. The Bertz CT molecular complexity index is 492. The summed E-state index contributed by atoms with van der Waals surface area (Å²) in [7, 11) is 1.78. The molecule has 1 aliphatic rings. The lowest BCUT2D eigenvalue weighted by molar-refractivity contribution is -0.142. The van der Waals surface area contributed by atoms with Gasteiger partial charge in [0.1, 0.15) is 19.3 Å². The van der Waals surface area contributed by atoms with E-state index in [1.165, 1.54) is 0 Å². The lowest BCUT2D eigenvalue weighted by Gasteiger charge is -2.24. The summed E-state index contributed by atoms with van der Waals surface area (Å²) >= 11 is 3.45. The molecule has 0 aromatic heterocycles. The maximum atomic E-state index is 10.9. The van der Waals surface area contributed by atoms with Crippen LogP contribution in [0.4, 0.5) is 0 Å². The molecule has 6 heteroatoms. The molecule has 19 heavy (non-hydrogen) atoms. The SMILES string of the molecule is CC(C(=O)O)N(C)Cc1cc(Br)c2c(c1)OCCO2. The average Bonchev–Trinajstić information content (AvgIpc) is 2.37. The van der Waals surface area contributed by atoms with E-state index in [-0.39, 0.29) is 0 Å². The molecular weight excluding hydrogens is 314 g/mol. The number of nitrogens with zero attached hydrogens (tertiary/aromatic N) is 1. The zero-order valence-electron chi connectivity index (χ0n) is 10.9. The normalized spacial score (nSPS) is 15.4. The zero-order chi connectivity index (χ0) is 14.0. The van der Waals surface area contributed by atoms with Crippen LogP contribution in [-0.4, -0.2) is 42.3 Å². The van der Waals surface area contributed by atoms with Crippen molar-refractivity contribution in [3.63, 3.8) is 0 Å². The predicted octanol–water partition coefficient (Wildman–Crippen LogP) is 2.13. The second-order valence-corrected chi connectivity index (χ2v) is 5.39. The molecule has 1 N–H and O–H groups in total. The number of halogens is 1. The van der Waals surface area contributed by atoms with Gasteiger partial charge in [0.2, 0.25) is 0 Å². The van der Waals surface area contributed by atoms with Gasteiger partial charge in [0.05, 0.1) is 4.47 Å². The Morgan fingerprint density at radius 3 is 2.84 bits per heavy atom. The fourth-order valence-electron chi connectivity index (χ4n) is 1.87. The third-order valence-electron chi connectivity index (χ3n) is 3.11. The Hall–Kier alpha value is -1.27. The van der Waals surface area contributed by atoms with Crippen molar-refractivity contribution in [3.8, 4) is 11.5 Å². The number of carboxylic acids is 1. The molecule has 0 amide bonds. The molecule has 0 radical (unpaired) electrons. The zero-order valence-corrected chi connectivity index (χ0v) is 12.4. The van der Waals surface area contributed by atoms with E-state index in [4.69, 9.17) is 14.6 Å². The van der Waals surface area contributed by atoms with E-state index < -0.39 is 12.0 Å². The van der Waals surface area contributed by atoms with E-state index in [0.717, 1.165) is 10.0 Å². The molecule has 0 saturated carbocycles. The van der Waals surface area contributed by atoms with Crippen LogP contribution >= 0.6 is 15.9 Å². The molecule has 0 spiro atoms. The molecule has 0 saturated heterocycles. The van der Waals surface area contributed by atoms with Gasteiger partial charge < -0.3 is 14.6 Å². The van der Waals surface area contributed by atoms with Gasteiger partial charge in [-0.15, -0.1) is 0 Å². The van der Waals surface area contributed by atoms with Gasteiger partial charge in [-0.25, -0.2) is 0 Å². The highest BCUT2D eigenvalue weighted by Crippen LogP contribution is 2.38. The minimum absolute atomic E-state index is 0.530. The molecule has 5 nitrogen and oxygen atoms in total. The highest BCUT2D eigenvalue weighted by atomic mass is 79.9. The molecule has 0 aliphatic carbocycles. The van der Waals surface area contributed by atoms with E-state index >= 15 is 0 Å². The highest BCUT2D eigenvalue weighted by Gasteiger charge is 2.20. The fraction of sp³-hybridized carbons (Fsp3) is 0.462. The smallest absolute Gasteiger partial charge is 0.320 e. The summed E-state index contributed by atoms with van der Waals surface area (Å²) in [6.07, 6.45) is 0. The highest BCUT2D eigenvalue weighted by molar-refractivity contribution is 9.10. The number of aliphatic carboxylic acids is 1. The van der Waals surface area contributed by atoms with E-state index in [9.17, 15) is 4.79 Å². The largest absolute Gasteiger partial charge is 0.486 e. The topological polar surface area (TPSA) is 59.0 Å². The number of rotatable bonds is 4. The average molecular weight is 330 g/mol. The lowest BCUT2D eigenvalue weighted by Crippen LogP contribution is -2.35. The number of carboxylic acid groups (broad SMARTS) is 1. The van der Waals surface area contributed by atoms with Crippen molar-refractivity contribution in [2.75, 3.05) is 20.3 Å². The number of carbonyl (C=O) groups is 1. The van der Waals surface area contributed by atoms with Gasteiger partial charge in [-0.2, -0.15) is 0 Å². The van der Waals surface area contributed by atoms with Crippen LogP contribution in [-0.2, 0) is 11.3 Å². The number of hydrogen-bond donors (Lipinski definition) is 1. The maximum Gasteiger partial charge on any atom is 0.320 e.